The average Bonchev–Trinajstić information content (AvgIpc) is 2.90. The summed E-state index contributed by atoms with van der Waals surface area (Å²) in [6, 6.07) is 2.69. The van der Waals surface area contributed by atoms with Crippen LogP contribution in [0, 0.1) is 16.7 Å². The van der Waals surface area contributed by atoms with Gasteiger partial charge in [0.15, 0.2) is 0 Å². The Morgan fingerprint density at radius 3 is 2.88 bits per heavy atom. The van der Waals surface area contributed by atoms with Gasteiger partial charge in [-0.15, -0.1) is 0 Å². The molecule has 2 fully saturated rings. The molecule has 2 bridgehead atoms. The molecule has 2 saturated carbocycles. The fourth-order valence-electron chi connectivity index (χ4n) is 4.41. The van der Waals surface area contributed by atoms with Crippen LogP contribution in [-0.4, -0.2) is 16.2 Å². The Balaban J connectivity index is 1.74. The number of aromatic amines is 1. The Bertz CT molecular complexity index is 391. The largest absolute Gasteiger partial charge is 0.307 e. The first-order valence-electron chi connectivity index (χ1n) is 6.74. The molecule has 1 aromatic heterocycles. The fraction of sp³-hybridized carbons (Fsp3) is 0.786. The molecule has 1 heterocycles. The molecule has 94 valence electrons. The number of rotatable bonds is 3. The molecular formula is C14H23N3. The molecule has 3 unspecified atom stereocenters. The van der Waals surface area contributed by atoms with Crippen LogP contribution in [-0.2, 0) is 6.54 Å². The van der Waals surface area contributed by atoms with Crippen LogP contribution in [0.15, 0.2) is 12.3 Å². The van der Waals surface area contributed by atoms with Gasteiger partial charge in [-0.3, -0.25) is 5.10 Å². The third kappa shape index (κ3) is 1.63. The second kappa shape index (κ2) is 3.58. The summed E-state index contributed by atoms with van der Waals surface area (Å²) in [5, 5.41) is 10.8. The maximum absolute atomic E-state index is 4.00. The van der Waals surface area contributed by atoms with Crippen molar-refractivity contribution < 1.29 is 0 Å². The SMILES string of the molecule is CC12CCC(C1)C(C)(C)C2NCc1ccn[nH]1. The molecule has 0 radical (unpaired) electrons. The predicted octanol–water partition coefficient (Wildman–Crippen LogP) is 2.71. The molecule has 2 aliphatic rings. The highest BCUT2D eigenvalue weighted by Crippen LogP contribution is 2.62. The minimum atomic E-state index is 0.438. The van der Waals surface area contributed by atoms with Crippen molar-refractivity contribution in [1.29, 1.82) is 0 Å². The molecule has 0 aromatic carbocycles. The van der Waals surface area contributed by atoms with Crippen molar-refractivity contribution in [3.8, 4) is 0 Å². The molecule has 3 rings (SSSR count). The molecule has 1 aromatic rings. The highest BCUT2D eigenvalue weighted by molar-refractivity contribution is 5.12. The van der Waals surface area contributed by atoms with E-state index >= 15 is 0 Å². The van der Waals surface area contributed by atoms with Crippen molar-refractivity contribution in [2.75, 3.05) is 0 Å². The first-order valence-corrected chi connectivity index (χ1v) is 6.74. The lowest BCUT2D eigenvalue weighted by molar-refractivity contribution is 0.107. The minimum absolute atomic E-state index is 0.438. The van der Waals surface area contributed by atoms with Gasteiger partial charge in [0.05, 0.1) is 0 Å². The zero-order valence-electron chi connectivity index (χ0n) is 11.1. The van der Waals surface area contributed by atoms with Gasteiger partial charge in [0, 0.05) is 24.5 Å². The summed E-state index contributed by atoms with van der Waals surface area (Å²) in [4.78, 5) is 0. The third-order valence-electron chi connectivity index (χ3n) is 5.32. The predicted molar refractivity (Wildman–Crippen MR) is 68.4 cm³/mol. The fourth-order valence-corrected chi connectivity index (χ4v) is 4.41. The maximum Gasteiger partial charge on any atom is 0.0490 e. The summed E-state index contributed by atoms with van der Waals surface area (Å²) in [6.07, 6.45) is 6.04. The molecule has 0 saturated heterocycles. The van der Waals surface area contributed by atoms with E-state index in [1.54, 1.807) is 0 Å². The van der Waals surface area contributed by atoms with Gasteiger partial charge in [0.1, 0.15) is 0 Å². The summed E-state index contributed by atoms with van der Waals surface area (Å²) < 4.78 is 0. The Morgan fingerprint density at radius 2 is 2.29 bits per heavy atom. The van der Waals surface area contributed by atoms with E-state index in [2.05, 4.69) is 42.4 Å². The van der Waals surface area contributed by atoms with Crippen molar-refractivity contribution in [2.24, 2.45) is 16.7 Å². The van der Waals surface area contributed by atoms with Crippen LogP contribution in [0.2, 0.25) is 0 Å². The summed E-state index contributed by atoms with van der Waals surface area (Å²) in [5.41, 5.74) is 2.13. The monoisotopic (exact) mass is 233 g/mol. The van der Waals surface area contributed by atoms with Crippen LogP contribution in [0.25, 0.3) is 0 Å². The van der Waals surface area contributed by atoms with E-state index in [0.29, 0.717) is 16.9 Å². The lowest BCUT2D eigenvalue weighted by Crippen LogP contribution is -2.49. The Labute approximate surface area is 103 Å². The highest BCUT2D eigenvalue weighted by atomic mass is 15.1. The van der Waals surface area contributed by atoms with Gasteiger partial charge in [-0.2, -0.15) is 5.10 Å². The first kappa shape index (κ1) is 11.3. The van der Waals surface area contributed by atoms with Gasteiger partial charge in [-0.25, -0.2) is 0 Å². The van der Waals surface area contributed by atoms with E-state index in [1.165, 1.54) is 25.0 Å². The minimum Gasteiger partial charge on any atom is -0.307 e. The second-order valence-corrected chi connectivity index (χ2v) is 6.81. The van der Waals surface area contributed by atoms with Gasteiger partial charge in [0.25, 0.3) is 0 Å². The number of hydrogen-bond donors (Lipinski definition) is 2. The molecule has 0 amide bonds. The quantitative estimate of drug-likeness (QED) is 0.842. The summed E-state index contributed by atoms with van der Waals surface area (Å²) in [7, 11) is 0. The van der Waals surface area contributed by atoms with Gasteiger partial charge >= 0.3 is 0 Å². The summed E-state index contributed by atoms with van der Waals surface area (Å²) in [5.74, 6) is 0.909. The Kier molecular flexibility index (Phi) is 2.37. The van der Waals surface area contributed by atoms with Gasteiger partial charge < -0.3 is 5.32 Å². The Morgan fingerprint density at radius 1 is 1.47 bits per heavy atom. The topological polar surface area (TPSA) is 40.7 Å². The number of nitrogens with zero attached hydrogens (tertiary/aromatic N) is 1. The summed E-state index contributed by atoms with van der Waals surface area (Å²) >= 11 is 0. The third-order valence-corrected chi connectivity index (χ3v) is 5.32. The van der Waals surface area contributed by atoms with Crippen LogP contribution in [0.5, 0.6) is 0 Å². The molecule has 3 nitrogen and oxygen atoms in total. The van der Waals surface area contributed by atoms with Crippen molar-refractivity contribution >= 4 is 0 Å². The van der Waals surface area contributed by atoms with Crippen LogP contribution >= 0.6 is 0 Å². The van der Waals surface area contributed by atoms with E-state index in [-0.39, 0.29) is 0 Å². The zero-order valence-corrected chi connectivity index (χ0v) is 11.1. The van der Waals surface area contributed by atoms with E-state index < -0.39 is 0 Å². The molecule has 2 aliphatic carbocycles. The number of aromatic nitrogens is 2. The van der Waals surface area contributed by atoms with Crippen molar-refractivity contribution in [3.05, 3.63) is 18.0 Å². The molecule has 0 aliphatic heterocycles. The first-order chi connectivity index (χ1) is 8.02. The normalized spacial score (nSPS) is 38.8. The van der Waals surface area contributed by atoms with E-state index in [9.17, 15) is 0 Å². The molecule has 3 heteroatoms. The lowest BCUT2D eigenvalue weighted by atomic mass is 9.68. The molecule has 17 heavy (non-hydrogen) atoms. The van der Waals surface area contributed by atoms with E-state index in [4.69, 9.17) is 0 Å². The highest BCUT2D eigenvalue weighted by Gasteiger charge is 2.58. The molecule has 2 N–H and O–H groups in total. The number of hydrogen-bond acceptors (Lipinski definition) is 2. The molecule has 3 atom stereocenters. The standard InChI is InChI=1S/C14H23N3/c1-13(2)10-4-6-14(3,8-10)12(13)15-9-11-5-7-16-17-11/h5,7,10,12,15H,4,6,8-9H2,1-3H3,(H,16,17). The molecule has 0 spiro atoms. The van der Waals surface area contributed by atoms with Crippen molar-refractivity contribution in [1.82, 2.24) is 15.5 Å². The second-order valence-electron chi connectivity index (χ2n) is 6.81. The van der Waals surface area contributed by atoms with Crippen molar-refractivity contribution in [3.63, 3.8) is 0 Å². The van der Waals surface area contributed by atoms with Gasteiger partial charge in [-0.05, 0) is 42.1 Å². The van der Waals surface area contributed by atoms with E-state index in [0.717, 1.165) is 12.5 Å². The zero-order chi connectivity index (χ0) is 12.1. The number of fused-ring (bicyclic) bond motifs is 2. The number of H-pyrrole nitrogens is 1. The maximum atomic E-state index is 4.00. The number of nitrogens with one attached hydrogen (secondary N) is 2. The van der Waals surface area contributed by atoms with Crippen LogP contribution < -0.4 is 5.32 Å². The summed E-state index contributed by atoms with van der Waals surface area (Å²) in [6.45, 7) is 8.25. The van der Waals surface area contributed by atoms with Gasteiger partial charge in [0.2, 0.25) is 0 Å². The average molecular weight is 233 g/mol. The van der Waals surface area contributed by atoms with Crippen molar-refractivity contribution in [2.45, 2.75) is 52.6 Å². The van der Waals surface area contributed by atoms with Crippen LogP contribution in [0.3, 0.4) is 0 Å². The molecular weight excluding hydrogens is 210 g/mol. The van der Waals surface area contributed by atoms with Crippen LogP contribution in [0.1, 0.15) is 45.7 Å². The smallest absolute Gasteiger partial charge is 0.0490 e. The Hall–Kier alpha value is -0.830. The lowest BCUT2D eigenvalue weighted by Gasteiger charge is -2.43. The van der Waals surface area contributed by atoms with Crippen LogP contribution in [0.4, 0.5) is 0 Å². The van der Waals surface area contributed by atoms with Gasteiger partial charge in [-0.1, -0.05) is 20.8 Å². The van der Waals surface area contributed by atoms with E-state index in [1.807, 2.05) is 6.20 Å².